The Kier molecular flexibility index (Phi) is 6.12. The molecule has 0 radical (unpaired) electrons. The molecule has 1 heterocycles. The van der Waals surface area contributed by atoms with E-state index in [4.69, 9.17) is 5.11 Å². The maximum atomic E-state index is 10.8. The van der Waals surface area contributed by atoms with Crippen LogP contribution >= 0.6 is 0 Å². The van der Waals surface area contributed by atoms with E-state index in [1.807, 2.05) is 19.9 Å². The predicted molar refractivity (Wildman–Crippen MR) is 84.4 cm³/mol. The first kappa shape index (κ1) is 17.4. The highest BCUT2D eigenvalue weighted by molar-refractivity contribution is 5.66. The van der Waals surface area contributed by atoms with Gasteiger partial charge in [0.2, 0.25) is 5.95 Å². The Morgan fingerprint density at radius 1 is 1.24 bits per heavy atom. The minimum Gasteiger partial charge on any atom is -0.481 e. The Balaban J connectivity index is 2.54. The number of aromatic nitrogens is 2. The molecule has 2 N–H and O–H groups in total. The summed E-state index contributed by atoms with van der Waals surface area (Å²) < 4.78 is 0. The van der Waals surface area contributed by atoms with Crippen LogP contribution in [0.1, 0.15) is 51.4 Å². The number of nitrogens with one attached hydrogen (secondary N) is 1. The van der Waals surface area contributed by atoms with Crippen molar-refractivity contribution in [3.8, 4) is 0 Å². The Labute approximate surface area is 127 Å². The first-order valence-electron chi connectivity index (χ1n) is 7.46. The van der Waals surface area contributed by atoms with Crippen LogP contribution in [0.15, 0.2) is 6.07 Å². The van der Waals surface area contributed by atoms with Gasteiger partial charge >= 0.3 is 5.97 Å². The van der Waals surface area contributed by atoms with Crippen LogP contribution in [0.25, 0.3) is 0 Å². The number of hydrogen-bond acceptors (Lipinski definition) is 4. The number of nitrogens with zero attached hydrogens (tertiary/aromatic N) is 2. The van der Waals surface area contributed by atoms with Crippen LogP contribution in [-0.2, 0) is 4.79 Å². The van der Waals surface area contributed by atoms with Gasteiger partial charge in [-0.1, -0.05) is 20.8 Å². The zero-order valence-corrected chi connectivity index (χ0v) is 13.7. The first-order valence-corrected chi connectivity index (χ1v) is 7.46. The summed E-state index contributed by atoms with van der Waals surface area (Å²) in [6.45, 7) is 11.1. The molecule has 1 aromatic heterocycles. The third-order valence-corrected chi connectivity index (χ3v) is 3.69. The lowest BCUT2D eigenvalue weighted by Crippen LogP contribution is -2.24. The van der Waals surface area contributed by atoms with E-state index in [0.717, 1.165) is 24.4 Å². The molecule has 0 saturated carbocycles. The Morgan fingerprint density at radius 2 is 1.81 bits per heavy atom. The second-order valence-electron chi connectivity index (χ2n) is 6.69. The van der Waals surface area contributed by atoms with Crippen molar-refractivity contribution in [2.45, 2.75) is 53.9 Å². The lowest BCUT2D eigenvalue weighted by molar-refractivity contribution is -0.137. The van der Waals surface area contributed by atoms with E-state index in [-0.39, 0.29) is 11.8 Å². The number of hydrogen-bond donors (Lipinski definition) is 2. The standard InChI is InChI=1S/C16H27N3O2/c1-11-10-12(2)19-15(18-11)17-9-8-13(16(3,4)5)6-7-14(20)21/h10,13H,6-9H2,1-5H3,(H,20,21)(H,17,18,19). The van der Waals surface area contributed by atoms with Crippen molar-refractivity contribution in [2.75, 3.05) is 11.9 Å². The quantitative estimate of drug-likeness (QED) is 0.805. The number of aliphatic carboxylic acids is 1. The summed E-state index contributed by atoms with van der Waals surface area (Å²) in [5.41, 5.74) is 1.99. The van der Waals surface area contributed by atoms with Crippen molar-refractivity contribution in [3.05, 3.63) is 17.5 Å². The van der Waals surface area contributed by atoms with Gasteiger partial charge in [0.15, 0.2) is 0 Å². The van der Waals surface area contributed by atoms with Crippen molar-refractivity contribution in [3.63, 3.8) is 0 Å². The van der Waals surface area contributed by atoms with Crippen molar-refractivity contribution in [2.24, 2.45) is 11.3 Å². The molecule has 1 aromatic rings. The highest BCUT2D eigenvalue weighted by Gasteiger charge is 2.24. The molecule has 1 atom stereocenters. The number of carboxylic acids is 1. The van der Waals surface area contributed by atoms with Gasteiger partial charge in [-0.05, 0) is 44.1 Å². The maximum absolute atomic E-state index is 10.8. The van der Waals surface area contributed by atoms with Crippen LogP contribution < -0.4 is 5.32 Å². The van der Waals surface area contributed by atoms with E-state index in [1.165, 1.54) is 0 Å². The number of carboxylic acid groups (broad SMARTS) is 1. The highest BCUT2D eigenvalue weighted by Crippen LogP contribution is 2.32. The molecule has 118 valence electrons. The molecule has 0 fully saturated rings. The van der Waals surface area contributed by atoms with Crippen molar-refractivity contribution < 1.29 is 9.90 Å². The molecule has 0 aliphatic carbocycles. The molecule has 1 rings (SSSR count). The summed E-state index contributed by atoms with van der Waals surface area (Å²) in [4.78, 5) is 19.5. The fourth-order valence-electron chi connectivity index (χ4n) is 2.47. The zero-order valence-electron chi connectivity index (χ0n) is 13.7. The van der Waals surface area contributed by atoms with E-state index in [2.05, 4.69) is 36.1 Å². The van der Waals surface area contributed by atoms with Gasteiger partial charge in [0.1, 0.15) is 0 Å². The lowest BCUT2D eigenvalue weighted by Gasteiger charge is -2.30. The van der Waals surface area contributed by atoms with Crippen LogP contribution in [0.2, 0.25) is 0 Å². The number of carbonyl (C=O) groups is 1. The minimum atomic E-state index is -0.727. The summed E-state index contributed by atoms with van der Waals surface area (Å²) in [6, 6.07) is 1.94. The van der Waals surface area contributed by atoms with E-state index in [1.54, 1.807) is 0 Å². The van der Waals surface area contributed by atoms with Crippen molar-refractivity contribution in [1.82, 2.24) is 9.97 Å². The second-order valence-corrected chi connectivity index (χ2v) is 6.69. The molecule has 0 aromatic carbocycles. The summed E-state index contributed by atoms with van der Waals surface area (Å²) in [7, 11) is 0. The number of anilines is 1. The van der Waals surface area contributed by atoms with Gasteiger partial charge in [-0.25, -0.2) is 9.97 Å². The number of rotatable bonds is 7. The third kappa shape index (κ3) is 6.56. The van der Waals surface area contributed by atoms with Crippen LogP contribution in [0.5, 0.6) is 0 Å². The summed E-state index contributed by atoms with van der Waals surface area (Å²) >= 11 is 0. The van der Waals surface area contributed by atoms with Gasteiger partial charge < -0.3 is 10.4 Å². The maximum Gasteiger partial charge on any atom is 0.303 e. The molecule has 21 heavy (non-hydrogen) atoms. The molecule has 0 spiro atoms. The summed E-state index contributed by atoms with van der Waals surface area (Å²) in [5.74, 6) is 0.278. The van der Waals surface area contributed by atoms with Crippen molar-refractivity contribution >= 4 is 11.9 Å². The fourth-order valence-corrected chi connectivity index (χ4v) is 2.47. The van der Waals surface area contributed by atoms with E-state index >= 15 is 0 Å². The van der Waals surface area contributed by atoms with Gasteiger partial charge in [0, 0.05) is 24.4 Å². The second kappa shape index (κ2) is 7.38. The average molecular weight is 293 g/mol. The molecule has 0 aliphatic heterocycles. The molecule has 1 unspecified atom stereocenters. The summed E-state index contributed by atoms with van der Waals surface area (Å²) in [5, 5.41) is 12.1. The van der Waals surface area contributed by atoms with Crippen LogP contribution in [0.3, 0.4) is 0 Å². The van der Waals surface area contributed by atoms with Gasteiger partial charge in [-0.15, -0.1) is 0 Å². The lowest BCUT2D eigenvalue weighted by atomic mass is 9.76. The molecule has 0 bridgehead atoms. The predicted octanol–water partition coefficient (Wildman–Crippen LogP) is 3.42. The summed E-state index contributed by atoms with van der Waals surface area (Å²) in [6.07, 6.45) is 1.84. The molecule has 5 nitrogen and oxygen atoms in total. The van der Waals surface area contributed by atoms with E-state index < -0.39 is 5.97 Å². The van der Waals surface area contributed by atoms with Crippen LogP contribution in [-0.4, -0.2) is 27.6 Å². The molecular weight excluding hydrogens is 266 g/mol. The minimum absolute atomic E-state index is 0.0977. The Morgan fingerprint density at radius 3 is 2.29 bits per heavy atom. The smallest absolute Gasteiger partial charge is 0.303 e. The zero-order chi connectivity index (χ0) is 16.0. The molecule has 5 heteroatoms. The van der Waals surface area contributed by atoms with E-state index in [0.29, 0.717) is 18.3 Å². The Hall–Kier alpha value is -1.65. The normalized spacial score (nSPS) is 13.0. The van der Waals surface area contributed by atoms with Crippen molar-refractivity contribution in [1.29, 1.82) is 0 Å². The highest BCUT2D eigenvalue weighted by atomic mass is 16.4. The molecule has 0 amide bonds. The first-order chi connectivity index (χ1) is 9.68. The van der Waals surface area contributed by atoms with E-state index in [9.17, 15) is 4.79 Å². The van der Waals surface area contributed by atoms with Gasteiger partial charge in [-0.2, -0.15) is 0 Å². The Bertz CT molecular complexity index is 461. The van der Waals surface area contributed by atoms with Gasteiger partial charge in [0.25, 0.3) is 0 Å². The largest absolute Gasteiger partial charge is 0.481 e. The fraction of sp³-hybridized carbons (Fsp3) is 0.688. The molecule has 0 aliphatic rings. The SMILES string of the molecule is Cc1cc(C)nc(NCCC(CCC(=O)O)C(C)(C)C)n1. The molecule has 0 saturated heterocycles. The third-order valence-electron chi connectivity index (χ3n) is 3.69. The number of aryl methyl sites for hydroxylation is 2. The topological polar surface area (TPSA) is 75.1 Å². The van der Waals surface area contributed by atoms with Gasteiger partial charge in [0.05, 0.1) is 0 Å². The monoisotopic (exact) mass is 293 g/mol. The van der Waals surface area contributed by atoms with Crippen LogP contribution in [0.4, 0.5) is 5.95 Å². The van der Waals surface area contributed by atoms with Gasteiger partial charge in [-0.3, -0.25) is 4.79 Å². The average Bonchev–Trinajstić information content (AvgIpc) is 2.30. The molecular formula is C16H27N3O2. The van der Waals surface area contributed by atoms with Crippen LogP contribution in [0, 0.1) is 25.2 Å².